The maximum atomic E-state index is 13.3. The summed E-state index contributed by atoms with van der Waals surface area (Å²) in [7, 11) is -3.92. The van der Waals surface area contributed by atoms with E-state index >= 15 is 0 Å². The van der Waals surface area contributed by atoms with Crippen LogP contribution in [0.4, 0.5) is 5.82 Å². The van der Waals surface area contributed by atoms with E-state index in [4.69, 9.17) is 5.73 Å². The highest BCUT2D eigenvalue weighted by Crippen LogP contribution is 2.27. The highest BCUT2D eigenvalue weighted by atomic mass is 32.2. The second-order valence-electron chi connectivity index (χ2n) is 6.92. The lowest BCUT2D eigenvalue weighted by Crippen LogP contribution is -2.44. The summed E-state index contributed by atoms with van der Waals surface area (Å²) in [6.45, 7) is 3.89. The molecule has 0 saturated carbocycles. The van der Waals surface area contributed by atoms with Crippen molar-refractivity contribution in [1.29, 1.82) is 0 Å². The number of nitrogen functional groups attached to an aromatic ring is 1. The molecule has 0 amide bonds. The Morgan fingerprint density at radius 1 is 1.14 bits per heavy atom. The van der Waals surface area contributed by atoms with E-state index in [9.17, 15) is 13.2 Å². The summed E-state index contributed by atoms with van der Waals surface area (Å²) in [6.07, 6.45) is 2.30. The Kier molecular flexibility index (Phi) is 4.58. The Balaban J connectivity index is 2.18. The van der Waals surface area contributed by atoms with Gasteiger partial charge in [0, 0.05) is 6.20 Å². The zero-order valence-corrected chi connectivity index (χ0v) is 16.9. The molecular formula is C21H21N4O3S+. The van der Waals surface area contributed by atoms with Gasteiger partial charge in [0.05, 0.1) is 10.9 Å². The van der Waals surface area contributed by atoms with E-state index in [1.165, 1.54) is 22.6 Å². The first-order chi connectivity index (χ1) is 13.9. The third-order valence-electron chi connectivity index (χ3n) is 5.14. The van der Waals surface area contributed by atoms with E-state index < -0.39 is 9.84 Å². The molecule has 4 rings (SSSR count). The van der Waals surface area contributed by atoms with Crippen LogP contribution in [0.2, 0.25) is 0 Å². The smallest absolute Gasteiger partial charge is 0.278 e. The van der Waals surface area contributed by atoms with Crippen LogP contribution in [0.25, 0.3) is 16.7 Å². The lowest BCUT2D eigenvalue weighted by molar-refractivity contribution is -0.684. The summed E-state index contributed by atoms with van der Waals surface area (Å²) >= 11 is 0. The molecular weight excluding hydrogens is 388 g/mol. The highest BCUT2D eigenvalue weighted by molar-refractivity contribution is 7.91. The fourth-order valence-corrected chi connectivity index (χ4v) is 4.83. The lowest BCUT2D eigenvalue weighted by atomic mass is 10.2. The number of fused-ring (bicyclic) bond motifs is 2. The molecule has 1 atom stereocenters. The standard InChI is InChI=1S/C21H20N4O3S/c1-3-14(2)25-19(22)17(29(27,28)15-9-5-4-6-10-15)13-16-20(25)23-18-11-7-8-12-24(18)21(16)26/h4-14,22H,3H2,1-2H3/p+1/t14-/m0/s1. The van der Waals surface area contributed by atoms with E-state index in [2.05, 4.69) is 4.98 Å². The molecule has 3 aromatic heterocycles. The maximum absolute atomic E-state index is 13.3. The average molecular weight is 409 g/mol. The predicted octanol–water partition coefficient (Wildman–Crippen LogP) is 2.52. The van der Waals surface area contributed by atoms with Gasteiger partial charge >= 0.3 is 0 Å². The van der Waals surface area contributed by atoms with Gasteiger partial charge in [-0.3, -0.25) is 9.20 Å². The molecule has 29 heavy (non-hydrogen) atoms. The van der Waals surface area contributed by atoms with Gasteiger partial charge in [-0.05, 0) is 43.7 Å². The van der Waals surface area contributed by atoms with Crippen LogP contribution in [-0.4, -0.2) is 17.8 Å². The van der Waals surface area contributed by atoms with Crippen molar-refractivity contribution in [3.63, 3.8) is 0 Å². The van der Waals surface area contributed by atoms with Crippen LogP contribution in [0, 0.1) is 0 Å². The van der Waals surface area contributed by atoms with E-state index in [1.807, 2.05) is 13.8 Å². The van der Waals surface area contributed by atoms with Gasteiger partial charge in [-0.15, -0.1) is 0 Å². The van der Waals surface area contributed by atoms with Crippen LogP contribution in [0.5, 0.6) is 0 Å². The first-order valence-electron chi connectivity index (χ1n) is 9.31. The Labute approximate surface area is 168 Å². The minimum Gasteiger partial charge on any atom is -0.317 e. The van der Waals surface area contributed by atoms with Crippen molar-refractivity contribution < 1.29 is 13.0 Å². The average Bonchev–Trinajstić information content (AvgIpc) is 2.73. The second-order valence-corrected chi connectivity index (χ2v) is 8.84. The SMILES string of the molecule is CC[C@H](C)[n+]1c(N)c(S(=O)(=O)c2ccccc2)cc2c(=O)n3ccccc3nc21. The third kappa shape index (κ3) is 2.96. The van der Waals surface area contributed by atoms with Crippen LogP contribution in [-0.2, 0) is 9.84 Å². The topological polar surface area (TPSA) is 98.4 Å². The molecule has 0 fully saturated rings. The quantitative estimate of drug-likeness (QED) is 0.412. The highest BCUT2D eigenvalue weighted by Gasteiger charge is 2.30. The van der Waals surface area contributed by atoms with Gasteiger partial charge in [-0.2, -0.15) is 0 Å². The Bertz CT molecular complexity index is 1400. The molecule has 0 aliphatic heterocycles. The number of nitrogens with two attached hydrogens (primary N) is 1. The summed E-state index contributed by atoms with van der Waals surface area (Å²) in [5.41, 5.74) is 6.89. The van der Waals surface area contributed by atoms with Crippen molar-refractivity contribution in [3.8, 4) is 0 Å². The number of benzene rings is 1. The molecule has 4 aromatic rings. The fraction of sp³-hybridized carbons (Fsp3) is 0.190. The van der Waals surface area contributed by atoms with E-state index in [-0.39, 0.29) is 32.6 Å². The molecule has 0 bridgehead atoms. The summed E-state index contributed by atoms with van der Waals surface area (Å²) in [6, 6.07) is 14.5. The Morgan fingerprint density at radius 2 is 1.83 bits per heavy atom. The van der Waals surface area contributed by atoms with Crippen LogP contribution < -0.4 is 15.9 Å². The number of anilines is 1. The molecule has 0 saturated heterocycles. The maximum Gasteiger partial charge on any atom is 0.278 e. The van der Waals surface area contributed by atoms with Crippen LogP contribution >= 0.6 is 0 Å². The molecule has 0 spiro atoms. The molecule has 8 heteroatoms. The number of hydrogen-bond acceptors (Lipinski definition) is 5. The van der Waals surface area contributed by atoms with Gasteiger partial charge in [0.2, 0.25) is 21.3 Å². The molecule has 0 radical (unpaired) electrons. The number of pyridine rings is 2. The Morgan fingerprint density at radius 3 is 2.52 bits per heavy atom. The van der Waals surface area contributed by atoms with E-state index in [0.717, 1.165) is 0 Å². The first-order valence-corrected chi connectivity index (χ1v) is 10.8. The lowest BCUT2D eigenvalue weighted by Gasteiger charge is -2.16. The van der Waals surface area contributed by atoms with Crippen molar-refractivity contribution in [2.24, 2.45) is 0 Å². The van der Waals surface area contributed by atoms with Crippen molar-refractivity contribution in [3.05, 3.63) is 71.1 Å². The molecule has 148 valence electrons. The number of nitrogens with zero attached hydrogens (tertiary/aromatic N) is 3. The van der Waals surface area contributed by atoms with Crippen molar-refractivity contribution in [2.45, 2.75) is 36.1 Å². The van der Waals surface area contributed by atoms with Gasteiger partial charge < -0.3 is 5.73 Å². The molecule has 3 heterocycles. The molecule has 0 unspecified atom stereocenters. The predicted molar refractivity (Wildman–Crippen MR) is 110 cm³/mol. The van der Waals surface area contributed by atoms with Crippen LogP contribution in [0.1, 0.15) is 26.3 Å². The molecule has 1 aromatic carbocycles. The molecule has 0 aliphatic carbocycles. The largest absolute Gasteiger partial charge is 0.317 e. The van der Waals surface area contributed by atoms with E-state index in [1.54, 1.807) is 47.2 Å². The number of hydrogen-bond donors (Lipinski definition) is 1. The number of rotatable bonds is 4. The minimum atomic E-state index is -3.92. The fourth-order valence-electron chi connectivity index (χ4n) is 3.41. The van der Waals surface area contributed by atoms with Gasteiger partial charge in [0.25, 0.3) is 11.2 Å². The summed E-state index contributed by atoms with van der Waals surface area (Å²) < 4.78 is 29.7. The number of sulfone groups is 1. The first kappa shape index (κ1) is 19.1. The van der Waals surface area contributed by atoms with Crippen molar-refractivity contribution >= 4 is 32.3 Å². The monoisotopic (exact) mass is 409 g/mol. The van der Waals surface area contributed by atoms with E-state index in [0.29, 0.717) is 17.7 Å². The van der Waals surface area contributed by atoms with Gasteiger partial charge in [0.1, 0.15) is 10.3 Å². The zero-order chi connectivity index (χ0) is 20.8. The summed E-state index contributed by atoms with van der Waals surface area (Å²) in [5, 5.41) is 0.206. The molecule has 7 nitrogen and oxygen atoms in total. The Hall–Kier alpha value is -3.26. The molecule has 2 N–H and O–H groups in total. The summed E-state index contributed by atoms with van der Waals surface area (Å²) in [5.74, 6) is 0.0721. The van der Waals surface area contributed by atoms with Gasteiger partial charge in [-0.25, -0.2) is 13.0 Å². The second kappa shape index (κ2) is 6.97. The third-order valence-corrected chi connectivity index (χ3v) is 6.94. The van der Waals surface area contributed by atoms with Crippen molar-refractivity contribution in [2.75, 3.05) is 5.73 Å². The summed E-state index contributed by atoms with van der Waals surface area (Å²) in [4.78, 5) is 17.8. The zero-order valence-electron chi connectivity index (χ0n) is 16.1. The van der Waals surface area contributed by atoms with Crippen LogP contribution in [0.15, 0.2) is 75.4 Å². The normalized spacial score (nSPS) is 13.0. The van der Waals surface area contributed by atoms with Crippen molar-refractivity contribution in [1.82, 2.24) is 9.38 Å². The van der Waals surface area contributed by atoms with Gasteiger partial charge in [0.15, 0.2) is 0 Å². The van der Waals surface area contributed by atoms with Gasteiger partial charge in [-0.1, -0.05) is 36.2 Å². The number of aromatic nitrogens is 3. The van der Waals surface area contributed by atoms with Crippen LogP contribution in [0.3, 0.4) is 0 Å². The molecule has 0 aliphatic rings. The minimum absolute atomic E-state index is 0.0721.